The minimum absolute atomic E-state index is 0.207. The van der Waals surface area contributed by atoms with Crippen LogP contribution in [0.5, 0.6) is 0 Å². The Kier molecular flexibility index (Phi) is 3.03. The average Bonchev–Trinajstić information content (AvgIpc) is 3.09. The van der Waals surface area contributed by atoms with Crippen molar-refractivity contribution in [2.24, 2.45) is 0 Å². The fourth-order valence-electron chi connectivity index (χ4n) is 1.87. The zero-order valence-corrected chi connectivity index (χ0v) is 11.3. The van der Waals surface area contributed by atoms with Gasteiger partial charge in [-0.1, -0.05) is 0 Å². The molecule has 0 aliphatic rings. The predicted octanol–water partition coefficient (Wildman–Crippen LogP) is 2.40. The lowest BCUT2D eigenvalue weighted by Gasteiger charge is -2.05. The minimum Gasteiger partial charge on any atom is -0.478 e. The summed E-state index contributed by atoms with van der Waals surface area (Å²) in [5.41, 5.74) is 2.82. The number of hydrogen-bond acceptors (Lipinski definition) is 5. The normalized spacial score (nSPS) is 10.7. The SMILES string of the molecule is Cc1csc(-c2cc(C(=O)O)cc(-n3cnnn3)c2)c1. The van der Waals surface area contributed by atoms with Crippen LogP contribution in [0, 0.1) is 6.92 Å². The van der Waals surface area contributed by atoms with Gasteiger partial charge in [-0.3, -0.25) is 0 Å². The van der Waals surface area contributed by atoms with Gasteiger partial charge in [-0.2, -0.15) is 0 Å². The van der Waals surface area contributed by atoms with Crippen LogP contribution in [0.2, 0.25) is 0 Å². The van der Waals surface area contributed by atoms with Crippen molar-refractivity contribution in [1.29, 1.82) is 0 Å². The van der Waals surface area contributed by atoms with Crippen molar-refractivity contribution in [3.8, 4) is 16.1 Å². The number of rotatable bonds is 3. The van der Waals surface area contributed by atoms with Gasteiger partial charge in [0, 0.05) is 4.88 Å². The number of nitrogens with zero attached hydrogens (tertiary/aromatic N) is 4. The summed E-state index contributed by atoms with van der Waals surface area (Å²) in [6, 6.07) is 7.09. The fraction of sp³-hybridized carbons (Fsp3) is 0.0769. The molecule has 7 heteroatoms. The zero-order valence-electron chi connectivity index (χ0n) is 10.5. The van der Waals surface area contributed by atoms with Crippen molar-refractivity contribution in [2.45, 2.75) is 6.92 Å². The average molecular weight is 286 g/mol. The highest BCUT2D eigenvalue weighted by molar-refractivity contribution is 7.13. The third kappa shape index (κ3) is 2.30. The van der Waals surface area contributed by atoms with Crippen LogP contribution < -0.4 is 0 Å². The maximum Gasteiger partial charge on any atom is 0.335 e. The fourth-order valence-corrected chi connectivity index (χ4v) is 2.76. The molecule has 0 fully saturated rings. The van der Waals surface area contributed by atoms with Crippen LogP contribution in [0.1, 0.15) is 15.9 Å². The smallest absolute Gasteiger partial charge is 0.335 e. The van der Waals surface area contributed by atoms with Gasteiger partial charge in [0.05, 0.1) is 11.3 Å². The Balaban J connectivity index is 2.17. The first-order chi connectivity index (χ1) is 9.63. The molecule has 0 amide bonds. The molecule has 1 N–H and O–H groups in total. The Labute approximate surface area is 118 Å². The third-order valence-corrected chi connectivity index (χ3v) is 3.89. The topological polar surface area (TPSA) is 80.9 Å². The van der Waals surface area contributed by atoms with E-state index in [1.54, 1.807) is 23.5 Å². The first-order valence-corrected chi connectivity index (χ1v) is 6.69. The summed E-state index contributed by atoms with van der Waals surface area (Å²) in [5, 5.41) is 22.2. The lowest BCUT2D eigenvalue weighted by molar-refractivity contribution is 0.0697. The number of carboxylic acids is 1. The molecule has 6 nitrogen and oxygen atoms in total. The van der Waals surface area contributed by atoms with Gasteiger partial charge in [0.1, 0.15) is 6.33 Å². The molecule has 3 rings (SSSR count). The van der Waals surface area contributed by atoms with Crippen LogP contribution >= 0.6 is 11.3 Å². The molecule has 20 heavy (non-hydrogen) atoms. The van der Waals surface area contributed by atoms with Gasteiger partial charge in [-0.05, 0) is 58.1 Å². The number of carbonyl (C=O) groups is 1. The summed E-state index contributed by atoms with van der Waals surface area (Å²) in [6.07, 6.45) is 1.43. The van der Waals surface area contributed by atoms with Crippen molar-refractivity contribution in [3.05, 3.63) is 47.1 Å². The van der Waals surface area contributed by atoms with E-state index in [2.05, 4.69) is 15.5 Å². The maximum atomic E-state index is 11.3. The van der Waals surface area contributed by atoms with Gasteiger partial charge in [0.15, 0.2) is 0 Å². The van der Waals surface area contributed by atoms with Crippen molar-refractivity contribution in [2.75, 3.05) is 0 Å². The molecule has 100 valence electrons. The van der Waals surface area contributed by atoms with Gasteiger partial charge in [0.2, 0.25) is 0 Å². The maximum absolute atomic E-state index is 11.3. The number of tetrazole rings is 1. The van der Waals surface area contributed by atoms with Gasteiger partial charge in [0.25, 0.3) is 0 Å². The van der Waals surface area contributed by atoms with Gasteiger partial charge in [-0.15, -0.1) is 16.4 Å². The van der Waals surface area contributed by atoms with Gasteiger partial charge < -0.3 is 5.11 Å². The number of aromatic carboxylic acids is 1. The molecule has 0 aliphatic carbocycles. The number of carboxylic acid groups (broad SMARTS) is 1. The Morgan fingerprint density at radius 3 is 2.75 bits per heavy atom. The lowest BCUT2D eigenvalue weighted by Crippen LogP contribution is -2.01. The lowest BCUT2D eigenvalue weighted by atomic mass is 10.1. The van der Waals surface area contributed by atoms with E-state index >= 15 is 0 Å². The largest absolute Gasteiger partial charge is 0.478 e. The molecule has 0 aliphatic heterocycles. The summed E-state index contributed by atoms with van der Waals surface area (Å²) in [6.45, 7) is 2.00. The molecule has 0 atom stereocenters. The minimum atomic E-state index is -0.977. The summed E-state index contributed by atoms with van der Waals surface area (Å²) >= 11 is 1.58. The third-order valence-electron chi connectivity index (χ3n) is 2.79. The second kappa shape index (κ2) is 4.86. The molecule has 0 saturated carbocycles. The molecule has 0 bridgehead atoms. The van der Waals surface area contributed by atoms with Crippen LogP contribution in [0.25, 0.3) is 16.1 Å². The molecule has 2 aromatic heterocycles. The van der Waals surface area contributed by atoms with E-state index in [9.17, 15) is 9.90 Å². The van der Waals surface area contributed by atoms with E-state index in [0.29, 0.717) is 5.69 Å². The first kappa shape index (κ1) is 12.5. The van der Waals surface area contributed by atoms with Crippen LogP contribution in [0.15, 0.2) is 36.0 Å². The standard InChI is InChI=1S/C13H10N4O2S/c1-8-2-12(20-6-8)9-3-10(13(18)19)5-11(4-9)17-7-14-15-16-17/h2-7H,1H3,(H,18,19). The van der Waals surface area contributed by atoms with Crippen LogP contribution in [0.4, 0.5) is 0 Å². The first-order valence-electron chi connectivity index (χ1n) is 5.81. The summed E-state index contributed by atoms with van der Waals surface area (Å²) in [7, 11) is 0. The van der Waals surface area contributed by atoms with E-state index in [-0.39, 0.29) is 5.56 Å². The Morgan fingerprint density at radius 2 is 2.15 bits per heavy atom. The van der Waals surface area contributed by atoms with Crippen LogP contribution in [-0.4, -0.2) is 31.3 Å². The molecule has 1 aromatic carbocycles. The van der Waals surface area contributed by atoms with E-state index in [4.69, 9.17) is 0 Å². The highest BCUT2D eigenvalue weighted by atomic mass is 32.1. The zero-order chi connectivity index (χ0) is 14.1. The monoisotopic (exact) mass is 286 g/mol. The van der Waals surface area contributed by atoms with Crippen molar-refractivity contribution in [3.63, 3.8) is 0 Å². The molecule has 0 radical (unpaired) electrons. The van der Waals surface area contributed by atoms with Crippen molar-refractivity contribution in [1.82, 2.24) is 20.2 Å². The number of aryl methyl sites for hydroxylation is 1. The number of aromatic nitrogens is 4. The second-order valence-corrected chi connectivity index (χ2v) is 5.23. The summed E-state index contributed by atoms with van der Waals surface area (Å²) in [4.78, 5) is 12.3. The van der Waals surface area contributed by atoms with Gasteiger partial charge in [-0.25, -0.2) is 9.48 Å². The Hall–Kier alpha value is -2.54. The van der Waals surface area contributed by atoms with Gasteiger partial charge >= 0.3 is 5.97 Å². The van der Waals surface area contributed by atoms with Crippen molar-refractivity contribution >= 4 is 17.3 Å². The molecule has 2 heterocycles. The molecule has 0 saturated heterocycles. The molecule has 0 spiro atoms. The Morgan fingerprint density at radius 1 is 1.30 bits per heavy atom. The Bertz CT molecular complexity index is 765. The number of thiophene rings is 1. The van der Waals surface area contributed by atoms with E-state index < -0.39 is 5.97 Å². The van der Waals surface area contributed by atoms with Crippen LogP contribution in [-0.2, 0) is 0 Å². The highest BCUT2D eigenvalue weighted by Crippen LogP contribution is 2.29. The molecular weight excluding hydrogens is 276 g/mol. The number of benzene rings is 1. The molecule has 0 unspecified atom stereocenters. The van der Waals surface area contributed by atoms with Crippen molar-refractivity contribution < 1.29 is 9.90 Å². The highest BCUT2D eigenvalue weighted by Gasteiger charge is 2.11. The van der Waals surface area contributed by atoms with E-state index in [1.165, 1.54) is 11.0 Å². The predicted molar refractivity (Wildman–Crippen MR) is 74.2 cm³/mol. The summed E-state index contributed by atoms with van der Waals surface area (Å²) in [5.74, 6) is -0.977. The van der Waals surface area contributed by atoms with E-state index in [0.717, 1.165) is 16.0 Å². The van der Waals surface area contributed by atoms with E-state index in [1.807, 2.05) is 24.4 Å². The second-order valence-electron chi connectivity index (χ2n) is 4.32. The van der Waals surface area contributed by atoms with Crippen LogP contribution in [0.3, 0.4) is 0 Å². The summed E-state index contributed by atoms with van der Waals surface area (Å²) < 4.78 is 1.44. The molecular formula is C13H10N4O2S. The number of hydrogen-bond donors (Lipinski definition) is 1. The quantitative estimate of drug-likeness (QED) is 0.799. The molecule has 3 aromatic rings.